The number of carboxylic acids is 1. The first-order valence-corrected chi connectivity index (χ1v) is 6.27. The van der Waals surface area contributed by atoms with Crippen molar-refractivity contribution >= 4 is 17.3 Å². The summed E-state index contributed by atoms with van der Waals surface area (Å²) in [6.45, 7) is 4.27. The highest BCUT2D eigenvalue weighted by Gasteiger charge is 2.07. The van der Waals surface area contributed by atoms with Gasteiger partial charge in [-0.1, -0.05) is 38.1 Å². The average molecular weight is 255 g/mol. The first-order valence-electron chi connectivity index (χ1n) is 6.27. The van der Waals surface area contributed by atoms with Crippen LogP contribution in [0, 0.1) is 0 Å². The summed E-state index contributed by atoms with van der Waals surface area (Å²) in [4.78, 5) is 11.0. The standard InChI is InChI=1S/C16H17NO2/c1-11(2)14-8-3-4-9-15(14)17-13-7-5-6-12(10-13)16(18)19/h3-11,17H,1-2H3,(H,18,19). The molecule has 2 N–H and O–H groups in total. The molecule has 2 aromatic carbocycles. The number of benzene rings is 2. The molecule has 0 radical (unpaired) electrons. The van der Waals surface area contributed by atoms with Crippen LogP contribution < -0.4 is 5.32 Å². The summed E-state index contributed by atoms with van der Waals surface area (Å²) in [5, 5.41) is 12.3. The zero-order chi connectivity index (χ0) is 13.8. The van der Waals surface area contributed by atoms with Crippen molar-refractivity contribution in [3.05, 3.63) is 59.7 Å². The molecule has 2 rings (SSSR count). The maximum Gasteiger partial charge on any atom is 0.335 e. The first-order chi connectivity index (χ1) is 9.08. The minimum absolute atomic E-state index is 0.284. The first kappa shape index (κ1) is 13.1. The number of nitrogens with one attached hydrogen (secondary N) is 1. The highest BCUT2D eigenvalue weighted by molar-refractivity contribution is 5.89. The molecule has 0 bridgehead atoms. The monoisotopic (exact) mass is 255 g/mol. The topological polar surface area (TPSA) is 49.3 Å². The van der Waals surface area contributed by atoms with Crippen molar-refractivity contribution in [3.63, 3.8) is 0 Å². The van der Waals surface area contributed by atoms with Crippen LogP contribution in [0.1, 0.15) is 35.7 Å². The van der Waals surface area contributed by atoms with E-state index < -0.39 is 5.97 Å². The van der Waals surface area contributed by atoms with Crippen molar-refractivity contribution < 1.29 is 9.90 Å². The number of hydrogen-bond acceptors (Lipinski definition) is 2. The number of carboxylic acid groups (broad SMARTS) is 1. The van der Waals surface area contributed by atoms with Crippen molar-refractivity contribution in [1.29, 1.82) is 0 Å². The zero-order valence-electron chi connectivity index (χ0n) is 11.1. The van der Waals surface area contributed by atoms with Crippen LogP contribution in [0.3, 0.4) is 0 Å². The van der Waals surface area contributed by atoms with Gasteiger partial charge < -0.3 is 10.4 Å². The van der Waals surface area contributed by atoms with Gasteiger partial charge in [0.25, 0.3) is 0 Å². The molecular formula is C16H17NO2. The third-order valence-corrected chi connectivity index (χ3v) is 2.97. The Balaban J connectivity index is 2.31. The Morgan fingerprint density at radius 3 is 2.53 bits per heavy atom. The molecule has 0 aliphatic carbocycles. The molecule has 0 fully saturated rings. The quantitative estimate of drug-likeness (QED) is 0.858. The molecule has 0 heterocycles. The van der Waals surface area contributed by atoms with Gasteiger partial charge in [-0.05, 0) is 35.7 Å². The number of rotatable bonds is 4. The van der Waals surface area contributed by atoms with Gasteiger partial charge >= 0.3 is 5.97 Å². The highest BCUT2D eigenvalue weighted by Crippen LogP contribution is 2.27. The molecule has 0 unspecified atom stereocenters. The molecule has 0 saturated carbocycles. The lowest BCUT2D eigenvalue weighted by atomic mass is 10.0. The number of anilines is 2. The molecule has 2 aromatic rings. The van der Waals surface area contributed by atoms with E-state index in [0.717, 1.165) is 11.4 Å². The van der Waals surface area contributed by atoms with Crippen molar-refractivity contribution in [2.75, 3.05) is 5.32 Å². The van der Waals surface area contributed by atoms with E-state index in [2.05, 4.69) is 25.2 Å². The minimum atomic E-state index is -0.916. The average Bonchev–Trinajstić information content (AvgIpc) is 2.39. The molecule has 0 aliphatic rings. The molecule has 0 saturated heterocycles. The number of para-hydroxylation sites is 1. The van der Waals surface area contributed by atoms with E-state index in [4.69, 9.17) is 5.11 Å². The van der Waals surface area contributed by atoms with Gasteiger partial charge in [0.15, 0.2) is 0 Å². The van der Waals surface area contributed by atoms with E-state index in [9.17, 15) is 4.79 Å². The van der Waals surface area contributed by atoms with E-state index in [-0.39, 0.29) is 5.56 Å². The van der Waals surface area contributed by atoms with Crippen molar-refractivity contribution in [3.8, 4) is 0 Å². The van der Waals surface area contributed by atoms with Gasteiger partial charge in [0.2, 0.25) is 0 Å². The molecule has 3 heteroatoms. The SMILES string of the molecule is CC(C)c1ccccc1Nc1cccc(C(=O)O)c1. The summed E-state index contributed by atoms with van der Waals surface area (Å²) < 4.78 is 0. The molecule has 98 valence electrons. The van der Waals surface area contributed by atoms with Crippen LogP contribution in [0.4, 0.5) is 11.4 Å². The number of aromatic carboxylic acids is 1. The molecule has 3 nitrogen and oxygen atoms in total. The number of carbonyl (C=O) groups is 1. The van der Waals surface area contributed by atoms with Gasteiger partial charge in [0, 0.05) is 11.4 Å². The van der Waals surface area contributed by atoms with E-state index >= 15 is 0 Å². The molecule has 0 aliphatic heterocycles. The lowest BCUT2D eigenvalue weighted by Gasteiger charge is -2.14. The molecular weight excluding hydrogens is 238 g/mol. The van der Waals surface area contributed by atoms with Crippen molar-refractivity contribution in [1.82, 2.24) is 0 Å². The van der Waals surface area contributed by atoms with E-state index in [0.29, 0.717) is 5.92 Å². The predicted molar refractivity (Wildman–Crippen MR) is 77.2 cm³/mol. The molecule has 0 spiro atoms. The normalized spacial score (nSPS) is 10.5. The molecule has 19 heavy (non-hydrogen) atoms. The van der Waals surface area contributed by atoms with Crippen LogP contribution in [0.25, 0.3) is 0 Å². The second-order valence-corrected chi connectivity index (χ2v) is 4.75. The summed E-state index contributed by atoms with van der Waals surface area (Å²) in [7, 11) is 0. The lowest BCUT2D eigenvalue weighted by molar-refractivity contribution is 0.0697. The summed E-state index contributed by atoms with van der Waals surface area (Å²) in [6.07, 6.45) is 0. The minimum Gasteiger partial charge on any atom is -0.478 e. The van der Waals surface area contributed by atoms with Gasteiger partial charge in [-0.15, -0.1) is 0 Å². The Morgan fingerprint density at radius 2 is 1.84 bits per heavy atom. The fraction of sp³-hybridized carbons (Fsp3) is 0.188. The number of hydrogen-bond donors (Lipinski definition) is 2. The smallest absolute Gasteiger partial charge is 0.335 e. The lowest BCUT2D eigenvalue weighted by Crippen LogP contribution is -2.00. The highest BCUT2D eigenvalue weighted by atomic mass is 16.4. The Bertz CT molecular complexity index is 591. The van der Waals surface area contributed by atoms with Crippen molar-refractivity contribution in [2.45, 2.75) is 19.8 Å². The van der Waals surface area contributed by atoms with Crippen LogP contribution in [0.2, 0.25) is 0 Å². The Labute approximate surface area is 112 Å². The van der Waals surface area contributed by atoms with Gasteiger partial charge in [-0.3, -0.25) is 0 Å². The summed E-state index contributed by atoms with van der Waals surface area (Å²) in [6, 6.07) is 14.9. The van der Waals surface area contributed by atoms with Gasteiger partial charge in [-0.25, -0.2) is 4.79 Å². The van der Waals surface area contributed by atoms with E-state index in [1.54, 1.807) is 18.2 Å². The van der Waals surface area contributed by atoms with E-state index in [1.165, 1.54) is 5.56 Å². The second-order valence-electron chi connectivity index (χ2n) is 4.75. The van der Waals surface area contributed by atoms with Crippen LogP contribution in [-0.2, 0) is 0 Å². The third-order valence-electron chi connectivity index (χ3n) is 2.97. The van der Waals surface area contributed by atoms with Crippen molar-refractivity contribution in [2.24, 2.45) is 0 Å². The predicted octanol–water partition coefficient (Wildman–Crippen LogP) is 4.25. The zero-order valence-corrected chi connectivity index (χ0v) is 11.1. The van der Waals surface area contributed by atoms with Gasteiger partial charge in [0.1, 0.15) is 0 Å². The Morgan fingerprint density at radius 1 is 1.11 bits per heavy atom. The summed E-state index contributed by atoms with van der Waals surface area (Å²) in [5.41, 5.74) is 3.29. The molecule has 0 amide bonds. The van der Waals surface area contributed by atoms with Crippen LogP contribution >= 0.6 is 0 Å². The Kier molecular flexibility index (Phi) is 3.85. The van der Waals surface area contributed by atoms with Gasteiger partial charge in [-0.2, -0.15) is 0 Å². The van der Waals surface area contributed by atoms with E-state index in [1.807, 2.05) is 24.3 Å². The molecule has 0 aromatic heterocycles. The maximum atomic E-state index is 11.0. The third kappa shape index (κ3) is 3.13. The fourth-order valence-corrected chi connectivity index (χ4v) is 2.00. The second kappa shape index (κ2) is 5.57. The fourth-order valence-electron chi connectivity index (χ4n) is 2.00. The van der Waals surface area contributed by atoms with Crippen LogP contribution in [0.15, 0.2) is 48.5 Å². The van der Waals surface area contributed by atoms with Crippen LogP contribution in [-0.4, -0.2) is 11.1 Å². The molecule has 0 atom stereocenters. The summed E-state index contributed by atoms with van der Waals surface area (Å²) >= 11 is 0. The summed E-state index contributed by atoms with van der Waals surface area (Å²) in [5.74, 6) is -0.507. The van der Waals surface area contributed by atoms with Gasteiger partial charge in [0.05, 0.1) is 5.56 Å². The maximum absolute atomic E-state index is 11.0. The Hall–Kier alpha value is -2.29. The van der Waals surface area contributed by atoms with Crippen LogP contribution in [0.5, 0.6) is 0 Å². The largest absolute Gasteiger partial charge is 0.478 e.